The first-order valence-corrected chi connectivity index (χ1v) is 10.3. The highest BCUT2D eigenvalue weighted by Crippen LogP contribution is 2.28. The first kappa shape index (κ1) is 17.9. The van der Waals surface area contributed by atoms with Gasteiger partial charge in [0.25, 0.3) is 5.56 Å². The molecule has 0 atom stereocenters. The molecular formula is C19H19N5OS2. The van der Waals surface area contributed by atoms with Crippen LogP contribution in [0.5, 0.6) is 0 Å². The van der Waals surface area contributed by atoms with Crippen molar-refractivity contribution in [3.63, 3.8) is 0 Å². The van der Waals surface area contributed by atoms with Gasteiger partial charge >= 0.3 is 0 Å². The summed E-state index contributed by atoms with van der Waals surface area (Å²) in [6.45, 7) is 6.04. The third-order valence-corrected chi connectivity index (χ3v) is 6.78. The number of thiophene rings is 1. The second-order valence-corrected chi connectivity index (χ2v) is 8.59. The summed E-state index contributed by atoms with van der Waals surface area (Å²) >= 11 is 3.07. The van der Waals surface area contributed by atoms with E-state index in [9.17, 15) is 4.79 Å². The topological polar surface area (TPSA) is 76.5 Å². The molecule has 27 heavy (non-hydrogen) atoms. The molecule has 0 radical (unpaired) electrons. The summed E-state index contributed by atoms with van der Waals surface area (Å²) in [4.78, 5) is 21.9. The van der Waals surface area contributed by atoms with Gasteiger partial charge in [-0.1, -0.05) is 36.0 Å². The normalized spacial score (nSPS) is 11.4. The Bertz CT molecular complexity index is 1200. The third-order valence-electron chi connectivity index (χ3n) is 4.65. The molecule has 6 nitrogen and oxygen atoms in total. The Morgan fingerprint density at radius 1 is 1.19 bits per heavy atom. The minimum absolute atomic E-state index is 0.0731. The molecule has 4 rings (SSSR count). The largest absolute Gasteiger partial charge is 0.309 e. The number of nitrogens with zero attached hydrogens (tertiary/aromatic N) is 4. The van der Waals surface area contributed by atoms with Gasteiger partial charge in [-0.2, -0.15) is 0 Å². The molecule has 3 heterocycles. The van der Waals surface area contributed by atoms with Crippen molar-refractivity contribution in [3.8, 4) is 11.4 Å². The van der Waals surface area contributed by atoms with E-state index in [0.717, 1.165) is 37.4 Å². The van der Waals surface area contributed by atoms with Gasteiger partial charge < -0.3 is 9.55 Å². The molecule has 0 saturated carbocycles. The van der Waals surface area contributed by atoms with Gasteiger partial charge in [-0.25, -0.2) is 4.98 Å². The average molecular weight is 398 g/mol. The van der Waals surface area contributed by atoms with Gasteiger partial charge in [-0.3, -0.25) is 4.79 Å². The van der Waals surface area contributed by atoms with Crippen LogP contribution in [0.2, 0.25) is 0 Å². The molecule has 0 amide bonds. The van der Waals surface area contributed by atoms with Crippen LogP contribution in [0.15, 0.2) is 34.2 Å². The quantitative estimate of drug-likeness (QED) is 0.527. The van der Waals surface area contributed by atoms with Crippen molar-refractivity contribution in [3.05, 3.63) is 56.4 Å². The van der Waals surface area contributed by atoms with Gasteiger partial charge in [0, 0.05) is 17.5 Å². The Hall–Kier alpha value is -2.45. The van der Waals surface area contributed by atoms with Gasteiger partial charge in [0.2, 0.25) is 0 Å². The molecule has 1 aromatic carbocycles. The van der Waals surface area contributed by atoms with E-state index in [1.165, 1.54) is 11.8 Å². The number of H-pyrrole nitrogens is 1. The van der Waals surface area contributed by atoms with Crippen LogP contribution in [0.3, 0.4) is 0 Å². The average Bonchev–Trinajstić information content (AvgIpc) is 3.14. The number of fused-ring (bicyclic) bond motifs is 1. The summed E-state index contributed by atoms with van der Waals surface area (Å²) in [7, 11) is 1.95. The molecule has 4 aromatic rings. The van der Waals surface area contributed by atoms with E-state index >= 15 is 0 Å². The highest BCUT2D eigenvalue weighted by atomic mass is 32.2. The number of rotatable bonds is 4. The number of benzene rings is 1. The van der Waals surface area contributed by atoms with Crippen LogP contribution in [0, 0.1) is 20.8 Å². The first-order chi connectivity index (χ1) is 13.0. The van der Waals surface area contributed by atoms with E-state index in [-0.39, 0.29) is 5.56 Å². The molecule has 138 valence electrons. The lowest BCUT2D eigenvalue weighted by atomic mass is 10.1. The van der Waals surface area contributed by atoms with Crippen LogP contribution < -0.4 is 5.56 Å². The van der Waals surface area contributed by atoms with Gasteiger partial charge in [0.1, 0.15) is 10.7 Å². The van der Waals surface area contributed by atoms with Gasteiger partial charge in [-0.05, 0) is 31.9 Å². The number of nitrogens with one attached hydrogen (secondary N) is 1. The second kappa shape index (κ2) is 6.94. The SMILES string of the molecule is Cc1ccccc1-c1nnc(SCc2nc3sc(C)c(C)c3c(=O)[nH]2)n1C. The van der Waals surface area contributed by atoms with Gasteiger partial charge in [-0.15, -0.1) is 21.5 Å². The first-order valence-electron chi connectivity index (χ1n) is 8.52. The highest BCUT2D eigenvalue weighted by molar-refractivity contribution is 7.98. The predicted octanol–water partition coefficient (Wildman–Crippen LogP) is 4.00. The predicted molar refractivity (Wildman–Crippen MR) is 110 cm³/mol. The highest BCUT2D eigenvalue weighted by Gasteiger charge is 2.15. The van der Waals surface area contributed by atoms with Gasteiger partial charge in [0.15, 0.2) is 11.0 Å². The maximum atomic E-state index is 12.4. The van der Waals surface area contributed by atoms with Crippen LogP contribution in [0.4, 0.5) is 0 Å². The zero-order valence-corrected chi connectivity index (χ0v) is 17.2. The molecule has 0 spiro atoms. The fourth-order valence-electron chi connectivity index (χ4n) is 3.00. The van der Waals surface area contributed by atoms with Crippen molar-refractivity contribution in [1.29, 1.82) is 0 Å². The minimum atomic E-state index is -0.0731. The molecular weight excluding hydrogens is 378 g/mol. The smallest absolute Gasteiger partial charge is 0.259 e. The van der Waals surface area contributed by atoms with E-state index < -0.39 is 0 Å². The van der Waals surface area contributed by atoms with Crippen molar-refractivity contribution >= 4 is 33.3 Å². The lowest BCUT2D eigenvalue weighted by molar-refractivity contribution is 0.792. The summed E-state index contributed by atoms with van der Waals surface area (Å²) in [5.74, 6) is 2.01. The molecule has 0 unspecified atom stereocenters. The van der Waals surface area contributed by atoms with Crippen molar-refractivity contribution in [2.75, 3.05) is 0 Å². The summed E-state index contributed by atoms with van der Waals surface area (Å²) in [5.41, 5.74) is 3.16. The zero-order chi connectivity index (χ0) is 19.1. The molecule has 3 aromatic heterocycles. The minimum Gasteiger partial charge on any atom is -0.309 e. The Morgan fingerprint density at radius 3 is 2.74 bits per heavy atom. The fourth-order valence-corrected chi connectivity index (χ4v) is 4.83. The second-order valence-electron chi connectivity index (χ2n) is 6.44. The lowest BCUT2D eigenvalue weighted by Crippen LogP contribution is -2.11. The van der Waals surface area contributed by atoms with Crippen LogP contribution in [-0.4, -0.2) is 24.7 Å². The standard InChI is InChI=1S/C19H19N5OS2/c1-10-7-5-6-8-13(10)16-22-23-19(24(16)4)26-9-14-20-17(25)15-11(2)12(3)27-18(15)21-14/h5-8H,9H2,1-4H3,(H,20,21,25). The van der Waals surface area contributed by atoms with E-state index in [0.29, 0.717) is 17.0 Å². The van der Waals surface area contributed by atoms with Crippen molar-refractivity contribution in [1.82, 2.24) is 24.7 Å². The molecule has 1 N–H and O–H groups in total. The number of aromatic amines is 1. The Morgan fingerprint density at radius 2 is 1.96 bits per heavy atom. The molecule has 0 bridgehead atoms. The van der Waals surface area contributed by atoms with E-state index in [1.54, 1.807) is 11.3 Å². The van der Waals surface area contributed by atoms with Crippen LogP contribution in [0.1, 0.15) is 21.8 Å². The molecule has 8 heteroatoms. The zero-order valence-electron chi connectivity index (χ0n) is 15.5. The van der Waals surface area contributed by atoms with Crippen molar-refractivity contribution in [2.24, 2.45) is 7.05 Å². The number of aromatic nitrogens is 5. The molecule has 0 fully saturated rings. The van der Waals surface area contributed by atoms with E-state index in [4.69, 9.17) is 0 Å². The Balaban J connectivity index is 1.61. The fraction of sp³-hybridized carbons (Fsp3) is 0.263. The molecule has 0 aliphatic rings. The maximum Gasteiger partial charge on any atom is 0.259 e. The monoisotopic (exact) mass is 397 g/mol. The summed E-state index contributed by atoms with van der Waals surface area (Å²) in [5, 5.41) is 10.1. The molecule has 0 aliphatic heterocycles. The maximum absolute atomic E-state index is 12.4. The number of hydrogen-bond acceptors (Lipinski definition) is 6. The van der Waals surface area contributed by atoms with Crippen molar-refractivity contribution in [2.45, 2.75) is 31.7 Å². The number of aryl methyl sites for hydroxylation is 3. The summed E-state index contributed by atoms with van der Waals surface area (Å²) in [6, 6.07) is 8.11. The molecule has 0 saturated heterocycles. The Labute approximate surface area is 164 Å². The third kappa shape index (κ3) is 3.19. The summed E-state index contributed by atoms with van der Waals surface area (Å²) < 4.78 is 1.98. The van der Waals surface area contributed by atoms with E-state index in [2.05, 4.69) is 33.2 Å². The van der Waals surface area contributed by atoms with Crippen LogP contribution in [-0.2, 0) is 12.8 Å². The summed E-state index contributed by atoms with van der Waals surface area (Å²) in [6.07, 6.45) is 0. The molecule has 0 aliphatic carbocycles. The van der Waals surface area contributed by atoms with Crippen molar-refractivity contribution < 1.29 is 0 Å². The van der Waals surface area contributed by atoms with Crippen LogP contribution in [0.25, 0.3) is 21.6 Å². The lowest BCUT2D eigenvalue weighted by Gasteiger charge is -2.06. The number of hydrogen-bond donors (Lipinski definition) is 1. The van der Waals surface area contributed by atoms with E-state index in [1.807, 2.05) is 43.7 Å². The number of thioether (sulfide) groups is 1. The Kier molecular flexibility index (Phi) is 4.61. The van der Waals surface area contributed by atoms with Crippen LogP contribution >= 0.6 is 23.1 Å². The van der Waals surface area contributed by atoms with Gasteiger partial charge in [0.05, 0.1) is 11.1 Å².